The second kappa shape index (κ2) is 7.40. The lowest BCUT2D eigenvalue weighted by Gasteiger charge is -2.45. The molecule has 0 radical (unpaired) electrons. The van der Waals surface area contributed by atoms with Gasteiger partial charge in [-0.25, -0.2) is 4.98 Å². The number of piperazine rings is 1. The first-order valence-corrected chi connectivity index (χ1v) is 10.4. The van der Waals surface area contributed by atoms with Crippen LogP contribution in [0.1, 0.15) is 38.5 Å². The third-order valence-corrected chi connectivity index (χ3v) is 6.82. The van der Waals surface area contributed by atoms with Crippen molar-refractivity contribution in [3.05, 3.63) is 11.6 Å². The van der Waals surface area contributed by atoms with E-state index >= 15 is 0 Å². The molecule has 0 aromatic carbocycles. The summed E-state index contributed by atoms with van der Waals surface area (Å²) in [6.07, 6.45) is 9.63. The zero-order valence-electron chi connectivity index (χ0n) is 14.4. The van der Waals surface area contributed by atoms with Crippen LogP contribution in [-0.2, 0) is 4.79 Å². The minimum Gasteiger partial charge on any atom is -0.346 e. The zero-order valence-corrected chi connectivity index (χ0v) is 15.2. The van der Waals surface area contributed by atoms with E-state index in [0.29, 0.717) is 18.5 Å². The fraction of sp³-hybridized carbons (Fsp3) is 0.778. The van der Waals surface area contributed by atoms with Crippen molar-refractivity contribution < 1.29 is 4.79 Å². The van der Waals surface area contributed by atoms with E-state index in [4.69, 9.17) is 0 Å². The van der Waals surface area contributed by atoms with Crippen molar-refractivity contribution in [3.63, 3.8) is 0 Å². The minimum atomic E-state index is 0.370. The zero-order chi connectivity index (χ0) is 16.4. The number of likely N-dealkylation sites (tertiary alicyclic amines) is 1. The molecule has 4 rings (SSSR count). The van der Waals surface area contributed by atoms with E-state index < -0.39 is 0 Å². The highest BCUT2D eigenvalue weighted by atomic mass is 32.1. The Balaban J connectivity index is 1.30. The van der Waals surface area contributed by atoms with Crippen LogP contribution in [0.3, 0.4) is 0 Å². The molecular formula is C18H28N4OS. The topological polar surface area (TPSA) is 39.7 Å². The predicted octanol–water partition coefficient (Wildman–Crippen LogP) is 2.45. The molecular weight excluding hydrogens is 320 g/mol. The molecule has 3 heterocycles. The highest BCUT2D eigenvalue weighted by molar-refractivity contribution is 7.13. The van der Waals surface area contributed by atoms with Crippen molar-refractivity contribution in [2.24, 2.45) is 5.92 Å². The number of rotatable bonds is 3. The van der Waals surface area contributed by atoms with Crippen LogP contribution >= 0.6 is 11.3 Å². The van der Waals surface area contributed by atoms with Crippen molar-refractivity contribution >= 4 is 22.4 Å². The summed E-state index contributed by atoms with van der Waals surface area (Å²) in [4.78, 5) is 24.2. The number of aromatic nitrogens is 1. The summed E-state index contributed by atoms with van der Waals surface area (Å²) >= 11 is 1.70. The monoisotopic (exact) mass is 348 g/mol. The minimum absolute atomic E-state index is 0.370. The van der Waals surface area contributed by atoms with E-state index in [9.17, 15) is 4.79 Å². The summed E-state index contributed by atoms with van der Waals surface area (Å²) in [5.41, 5.74) is 0. The molecule has 5 nitrogen and oxygen atoms in total. The average Bonchev–Trinajstić information content (AvgIpc) is 3.16. The van der Waals surface area contributed by atoms with Crippen molar-refractivity contribution in [2.45, 2.75) is 44.6 Å². The lowest BCUT2D eigenvalue weighted by atomic mass is 9.78. The first-order valence-electron chi connectivity index (χ1n) is 9.47. The maximum atomic E-state index is 12.9. The molecule has 6 heteroatoms. The Morgan fingerprint density at radius 1 is 1.08 bits per heavy atom. The van der Waals surface area contributed by atoms with Gasteiger partial charge in [-0.2, -0.15) is 0 Å². The molecule has 0 bridgehead atoms. The van der Waals surface area contributed by atoms with Gasteiger partial charge in [0.25, 0.3) is 0 Å². The number of fused-ring (bicyclic) bond motifs is 1. The van der Waals surface area contributed by atoms with Gasteiger partial charge in [0, 0.05) is 50.3 Å². The molecule has 2 saturated heterocycles. The van der Waals surface area contributed by atoms with Crippen molar-refractivity contribution in [2.75, 3.05) is 44.2 Å². The van der Waals surface area contributed by atoms with Gasteiger partial charge in [-0.3, -0.25) is 9.69 Å². The molecule has 2 aliphatic heterocycles. The third-order valence-electron chi connectivity index (χ3n) is 5.98. The molecule has 3 aliphatic rings. The van der Waals surface area contributed by atoms with Gasteiger partial charge in [0.05, 0.1) is 6.54 Å². The van der Waals surface area contributed by atoms with Gasteiger partial charge < -0.3 is 9.80 Å². The first kappa shape index (κ1) is 16.3. The number of nitrogens with zero attached hydrogens (tertiary/aromatic N) is 4. The fourth-order valence-electron chi connectivity index (χ4n) is 4.69. The van der Waals surface area contributed by atoms with E-state index in [1.807, 2.05) is 11.6 Å². The molecule has 0 unspecified atom stereocenters. The van der Waals surface area contributed by atoms with Crippen molar-refractivity contribution in [1.29, 1.82) is 0 Å². The number of hydrogen-bond acceptors (Lipinski definition) is 5. The van der Waals surface area contributed by atoms with Crippen LogP contribution in [0.15, 0.2) is 11.6 Å². The number of hydrogen-bond donors (Lipinski definition) is 0. The highest BCUT2D eigenvalue weighted by Crippen LogP contribution is 2.35. The van der Waals surface area contributed by atoms with Gasteiger partial charge in [-0.1, -0.05) is 12.8 Å². The van der Waals surface area contributed by atoms with Crippen LogP contribution in [0.4, 0.5) is 5.13 Å². The lowest BCUT2D eigenvalue weighted by molar-refractivity contribution is -0.138. The first-order chi connectivity index (χ1) is 11.8. The normalized spacial score (nSPS) is 28.7. The second-order valence-electron chi connectivity index (χ2n) is 7.42. The molecule has 1 aromatic heterocycles. The van der Waals surface area contributed by atoms with Crippen LogP contribution in [0, 0.1) is 5.92 Å². The molecule has 0 spiro atoms. The van der Waals surface area contributed by atoms with Gasteiger partial charge in [-0.05, 0) is 31.6 Å². The van der Waals surface area contributed by atoms with Gasteiger partial charge in [0.2, 0.25) is 5.91 Å². The number of amides is 1. The van der Waals surface area contributed by atoms with Crippen LogP contribution < -0.4 is 4.90 Å². The maximum absolute atomic E-state index is 12.9. The van der Waals surface area contributed by atoms with Crippen LogP contribution in [-0.4, -0.2) is 66.0 Å². The Bertz CT molecular complexity index is 539. The quantitative estimate of drug-likeness (QED) is 0.841. The largest absolute Gasteiger partial charge is 0.346 e. The van der Waals surface area contributed by atoms with Crippen molar-refractivity contribution in [3.8, 4) is 0 Å². The van der Waals surface area contributed by atoms with Gasteiger partial charge in [0.15, 0.2) is 5.13 Å². The molecule has 1 aliphatic carbocycles. The predicted molar refractivity (Wildman–Crippen MR) is 97.5 cm³/mol. The van der Waals surface area contributed by atoms with Crippen LogP contribution in [0.5, 0.6) is 0 Å². The number of carbonyl (C=O) groups excluding carboxylic acids is 1. The molecule has 24 heavy (non-hydrogen) atoms. The smallest absolute Gasteiger partial charge is 0.237 e. The third kappa shape index (κ3) is 3.45. The SMILES string of the molecule is O=C(CN1CCN(c2nccs2)CC1)N1CCC[C@@H]2CCCC[C@H]21. The molecule has 2 atom stereocenters. The Morgan fingerprint density at radius 3 is 2.67 bits per heavy atom. The van der Waals surface area contributed by atoms with Crippen LogP contribution in [0.2, 0.25) is 0 Å². The summed E-state index contributed by atoms with van der Waals surface area (Å²) in [7, 11) is 0. The summed E-state index contributed by atoms with van der Waals surface area (Å²) < 4.78 is 0. The molecule has 132 valence electrons. The number of carbonyl (C=O) groups is 1. The lowest BCUT2D eigenvalue weighted by Crippen LogP contribution is -2.54. The highest BCUT2D eigenvalue weighted by Gasteiger charge is 2.36. The molecule has 1 aromatic rings. The van der Waals surface area contributed by atoms with Crippen molar-refractivity contribution in [1.82, 2.24) is 14.8 Å². The molecule has 3 fully saturated rings. The summed E-state index contributed by atoms with van der Waals surface area (Å²) in [5.74, 6) is 1.15. The van der Waals surface area contributed by atoms with Gasteiger partial charge >= 0.3 is 0 Å². The molecule has 1 saturated carbocycles. The molecule has 1 amide bonds. The van der Waals surface area contributed by atoms with E-state index in [2.05, 4.69) is 19.7 Å². The Morgan fingerprint density at radius 2 is 1.88 bits per heavy atom. The van der Waals surface area contributed by atoms with Crippen LogP contribution in [0.25, 0.3) is 0 Å². The Hall–Kier alpha value is -1.14. The molecule has 0 N–H and O–H groups in total. The van der Waals surface area contributed by atoms with E-state index in [1.165, 1.54) is 38.5 Å². The fourth-order valence-corrected chi connectivity index (χ4v) is 5.38. The van der Waals surface area contributed by atoms with Gasteiger partial charge in [-0.15, -0.1) is 11.3 Å². The standard InChI is InChI=1S/C18H28N4OS/c23-17(22-8-3-5-15-4-1-2-6-16(15)22)14-20-9-11-21(12-10-20)18-19-7-13-24-18/h7,13,15-16H,1-6,8-12,14H2/t15-,16+/m0/s1. The summed E-state index contributed by atoms with van der Waals surface area (Å²) in [6, 6.07) is 0.539. The van der Waals surface area contributed by atoms with E-state index in [0.717, 1.165) is 43.8 Å². The average molecular weight is 349 g/mol. The summed E-state index contributed by atoms with van der Waals surface area (Å²) in [6.45, 7) is 5.48. The summed E-state index contributed by atoms with van der Waals surface area (Å²) in [5, 5.41) is 3.14. The maximum Gasteiger partial charge on any atom is 0.237 e. The second-order valence-corrected chi connectivity index (χ2v) is 8.29. The number of thiazole rings is 1. The van der Waals surface area contributed by atoms with E-state index in [1.54, 1.807) is 11.3 Å². The Kier molecular flexibility index (Phi) is 5.03. The van der Waals surface area contributed by atoms with E-state index in [-0.39, 0.29) is 0 Å². The number of anilines is 1. The van der Waals surface area contributed by atoms with Gasteiger partial charge in [0.1, 0.15) is 0 Å². The number of piperidine rings is 1. The Labute approximate surface area is 148 Å².